The summed E-state index contributed by atoms with van der Waals surface area (Å²) in [5.74, 6) is -0.573. The van der Waals surface area contributed by atoms with Crippen LogP contribution in [0.5, 0.6) is 0 Å². The Balaban J connectivity index is 2.17. The fourth-order valence-corrected chi connectivity index (χ4v) is 3.62. The molecule has 0 bridgehead atoms. The Bertz CT molecular complexity index is 718. The highest BCUT2D eigenvalue weighted by atomic mass is 127. The van der Waals surface area contributed by atoms with Gasteiger partial charge in [-0.25, -0.2) is 12.8 Å². The van der Waals surface area contributed by atoms with E-state index in [1.165, 1.54) is 18.2 Å². The first-order valence-electron chi connectivity index (χ1n) is 5.66. The van der Waals surface area contributed by atoms with Crippen molar-refractivity contribution in [3.63, 3.8) is 0 Å². The third kappa shape index (κ3) is 4.07. The second kappa shape index (κ2) is 5.96. The van der Waals surface area contributed by atoms with Crippen molar-refractivity contribution in [2.75, 3.05) is 10.5 Å². The Labute approximate surface area is 130 Å². The van der Waals surface area contributed by atoms with Gasteiger partial charge in [-0.05, 0) is 58.5 Å². The van der Waals surface area contributed by atoms with E-state index in [2.05, 4.69) is 4.72 Å². The maximum atomic E-state index is 13.0. The van der Waals surface area contributed by atoms with Gasteiger partial charge >= 0.3 is 0 Å². The largest absolute Gasteiger partial charge is 0.399 e. The van der Waals surface area contributed by atoms with Crippen molar-refractivity contribution < 1.29 is 12.8 Å². The van der Waals surface area contributed by atoms with Gasteiger partial charge in [-0.15, -0.1) is 0 Å². The highest BCUT2D eigenvalue weighted by Gasteiger charge is 2.13. The molecule has 0 atom stereocenters. The Hall–Kier alpha value is -1.35. The first-order chi connectivity index (χ1) is 9.35. The molecular formula is C13H12FIN2O2S. The van der Waals surface area contributed by atoms with Crippen molar-refractivity contribution in [2.45, 2.75) is 5.75 Å². The Morgan fingerprint density at radius 3 is 2.40 bits per heavy atom. The van der Waals surface area contributed by atoms with E-state index in [0.717, 1.165) is 0 Å². The molecule has 0 aliphatic carbocycles. The second-order valence-corrected chi connectivity index (χ2v) is 7.11. The standard InChI is InChI=1S/C13H12FIN2O2S/c14-10-3-6-13(12(15)7-10)17-20(18,19)8-9-1-4-11(16)5-2-9/h1-7,17H,8,16H2. The molecule has 106 valence electrons. The maximum absolute atomic E-state index is 13.0. The molecule has 0 saturated carbocycles. The first kappa shape index (κ1) is 15.0. The molecule has 0 aromatic heterocycles. The van der Waals surface area contributed by atoms with Gasteiger partial charge in [0.15, 0.2) is 0 Å². The van der Waals surface area contributed by atoms with Crippen LogP contribution in [0.15, 0.2) is 42.5 Å². The molecule has 0 fully saturated rings. The molecule has 0 aliphatic heterocycles. The summed E-state index contributed by atoms with van der Waals surface area (Å²) in [5.41, 5.74) is 7.11. The Kier molecular flexibility index (Phi) is 4.48. The summed E-state index contributed by atoms with van der Waals surface area (Å²) in [6.45, 7) is 0. The monoisotopic (exact) mass is 406 g/mol. The van der Waals surface area contributed by atoms with Crippen molar-refractivity contribution in [1.82, 2.24) is 0 Å². The van der Waals surface area contributed by atoms with Crippen molar-refractivity contribution in [3.8, 4) is 0 Å². The van der Waals surface area contributed by atoms with Crippen LogP contribution in [0.2, 0.25) is 0 Å². The smallest absolute Gasteiger partial charge is 0.236 e. The third-order valence-corrected chi connectivity index (χ3v) is 4.67. The molecule has 0 heterocycles. The minimum absolute atomic E-state index is 0.166. The molecule has 2 rings (SSSR count). The van der Waals surface area contributed by atoms with Gasteiger partial charge in [0.05, 0.1) is 11.4 Å². The van der Waals surface area contributed by atoms with Gasteiger partial charge in [0.1, 0.15) is 5.82 Å². The summed E-state index contributed by atoms with van der Waals surface area (Å²) in [4.78, 5) is 0. The van der Waals surface area contributed by atoms with E-state index in [1.54, 1.807) is 24.3 Å². The summed E-state index contributed by atoms with van der Waals surface area (Å²) >= 11 is 1.88. The quantitative estimate of drug-likeness (QED) is 0.606. The topological polar surface area (TPSA) is 72.2 Å². The molecular weight excluding hydrogens is 394 g/mol. The zero-order valence-corrected chi connectivity index (χ0v) is 13.3. The van der Waals surface area contributed by atoms with Gasteiger partial charge in [0.25, 0.3) is 0 Å². The van der Waals surface area contributed by atoms with Gasteiger partial charge in [-0.3, -0.25) is 4.72 Å². The Morgan fingerprint density at radius 2 is 1.80 bits per heavy atom. The van der Waals surface area contributed by atoms with E-state index >= 15 is 0 Å². The van der Waals surface area contributed by atoms with E-state index in [4.69, 9.17) is 5.73 Å². The van der Waals surface area contributed by atoms with Crippen LogP contribution in [0.1, 0.15) is 5.56 Å². The lowest BCUT2D eigenvalue weighted by Crippen LogP contribution is -2.15. The molecule has 0 saturated heterocycles. The number of nitrogen functional groups attached to an aromatic ring is 1. The molecule has 0 radical (unpaired) electrons. The van der Waals surface area contributed by atoms with E-state index in [-0.39, 0.29) is 5.75 Å². The van der Waals surface area contributed by atoms with Crippen LogP contribution in [-0.4, -0.2) is 8.42 Å². The molecule has 0 unspecified atom stereocenters. The number of benzene rings is 2. The number of hydrogen-bond donors (Lipinski definition) is 2. The summed E-state index contributed by atoms with van der Waals surface area (Å²) in [7, 11) is -3.55. The average molecular weight is 406 g/mol. The van der Waals surface area contributed by atoms with Crippen molar-refractivity contribution in [1.29, 1.82) is 0 Å². The normalized spacial score (nSPS) is 11.3. The maximum Gasteiger partial charge on any atom is 0.236 e. The lowest BCUT2D eigenvalue weighted by Gasteiger charge is -2.10. The van der Waals surface area contributed by atoms with Gasteiger partial charge < -0.3 is 5.73 Å². The summed E-state index contributed by atoms with van der Waals surface area (Å²) in [6.07, 6.45) is 0. The number of anilines is 2. The molecule has 7 heteroatoms. The van der Waals surface area contributed by atoms with E-state index in [0.29, 0.717) is 20.5 Å². The number of rotatable bonds is 4. The first-order valence-corrected chi connectivity index (χ1v) is 8.39. The fraction of sp³-hybridized carbons (Fsp3) is 0.0769. The molecule has 20 heavy (non-hydrogen) atoms. The van der Waals surface area contributed by atoms with Crippen LogP contribution in [0, 0.1) is 9.39 Å². The zero-order valence-electron chi connectivity index (χ0n) is 10.3. The van der Waals surface area contributed by atoms with Crippen LogP contribution < -0.4 is 10.5 Å². The number of hydrogen-bond acceptors (Lipinski definition) is 3. The van der Waals surface area contributed by atoms with Gasteiger partial charge in [0, 0.05) is 9.26 Å². The third-order valence-electron chi connectivity index (χ3n) is 2.53. The number of nitrogens with two attached hydrogens (primary N) is 1. The van der Waals surface area contributed by atoms with Crippen LogP contribution in [0.25, 0.3) is 0 Å². The molecule has 2 aromatic rings. The van der Waals surface area contributed by atoms with Crippen LogP contribution in [0.4, 0.5) is 15.8 Å². The minimum atomic E-state index is -3.55. The second-order valence-electron chi connectivity index (χ2n) is 4.23. The van der Waals surface area contributed by atoms with Crippen LogP contribution >= 0.6 is 22.6 Å². The molecule has 0 amide bonds. The number of nitrogens with one attached hydrogen (secondary N) is 1. The number of halogens is 2. The minimum Gasteiger partial charge on any atom is -0.399 e. The van der Waals surface area contributed by atoms with Crippen LogP contribution in [-0.2, 0) is 15.8 Å². The van der Waals surface area contributed by atoms with Gasteiger partial charge in [-0.2, -0.15) is 0 Å². The summed E-state index contributed by atoms with van der Waals surface area (Å²) in [5, 5.41) is 0. The zero-order chi connectivity index (χ0) is 14.8. The molecule has 2 aromatic carbocycles. The van der Waals surface area contributed by atoms with E-state index < -0.39 is 15.8 Å². The van der Waals surface area contributed by atoms with Crippen molar-refractivity contribution in [3.05, 3.63) is 57.4 Å². The van der Waals surface area contributed by atoms with Crippen molar-refractivity contribution in [2.24, 2.45) is 0 Å². The number of sulfonamides is 1. The lowest BCUT2D eigenvalue weighted by atomic mass is 10.2. The van der Waals surface area contributed by atoms with Crippen LogP contribution in [0.3, 0.4) is 0 Å². The van der Waals surface area contributed by atoms with E-state index in [1.807, 2.05) is 22.6 Å². The molecule has 4 nitrogen and oxygen atoms in total. The average Bonchev–Trinajstić information content (AvgIpc) is 2.35. The predicted octanol–water partition coefficient (Wildman–Crippen LogP) is 2.95. The lowest BCUT2D eigenvalue weighted by molar-refractivity contribution is 0.600. The molecule has 0 aliphatic rings. The summed E-state index contributed by atoms with van der Waals surface area (Å²) in [6, 6.07) is 10.5. The van der Waals surface area contributed by atoms with E-state index in [9.17, 15) is 12.8 Å². The van der Waals surface area contributed by atoms with Gasteiger partial charge in [0.2, 0.25) is 10.0 Å². The highest BCUT2D eigenvalue weighted by Crippen LogP contribution is 2.21. The highest BCUT2D eigenvalue weighted by molar-refractivity contribution is 14.1. The summed E-state index contributed by atoms with van der Waals surface area (Å²) < 4.78 is 40.0. The predicted molar refractivity (Wildman–Crippen MR) is 86.2 cm³/mol. The molecule has 0 spiro atoms. The van der Waals surface area contributed by atoms with Crippen molar-refractivity contribution >= 4 is 44.0 Å². The Morgan fingerprint density at radius 1 is 1.15 bits per heavy atom. The van der Waals surface area contributed by atoms with Gasteiger partial charge in [-0.1, -0.05) is 12.1 Å². The molecule has 3 N–H and O–H groups in total. The fourth-order valence-electron chi connectivity index (χ4n) is 1.61. The SMILES string of the molecule is Nc1ccc(CS(=O)(=O)Nc2ccc(F)cc2I)cc1.